The topological polar surface area (TPSA) is 88.6 Å². The molecule has 0 spiro atoms. The van der Waals surface area contributed by atoms with Gasteiger partial charge in [0.2, 0.25) is 21.8 Å². The van der Waals surface area contributed by atoms with E-state index in [2.05, 4.69) is 16.9 Å². The van der Waals surface area contributed by atoms with Gasteiger partial charge in [0, 0.05) is 26.3 Å². The molecule has 1 N–H and O–H groups in total. The predicted molar refractivity (Wildman–Crippen MR) is 108 cm³/mol. The number of nitrogens with one attached hydrogen (secondary N) is 1. The molecule has 2 rings (SSSR count). The van der Waals surface area contributed by atoms with Crippen LogP contribution in [-0.4, -0.2) is 43.8 Å². The highest BCUT2D eigenvalue weighted by Gasteiger charge is 2.31. The Morgan fingerprint density at radius 3 is 2.52 bits per heavy atom. The molecule has 0 atom stereocenters. The third-order valence-electron chi connectivity index (χ3n) is 4.02. The van der Waals surface area contributed by atoms with Gasteiger partial charge in [0.05, 0.1) is 10.5 Å². The summed E-state index contributed by atoms with van der Waals surface area (Å²) in [7, 11) is -2.38. The quantitative estimate of drug-likeness (QED) is 0.437. The summed E-state index contributed by atoms with van der Waals surface area (Å²) >= 11 is 5.80. The van der Waals surface area contributed by atoms with E-state index in [0.29, 0.717) is 25.2 Å². The van der Waals surface area contributed by atoms with Gasteiger partial charge < -0.3 is 10.1 Å². The second-order valence-electron chi connectivity index (χ2n) is 6.26. The smallest absolute Gasteiger partial charge is 0.417 e. The predicted octanol–water partition coefficient (Wildman–Crippen LogP) is 3.86. The number of ether oxygens (including phenoxy) is 1. The summed E-state index contributed by atoms with van der Waals surface area (Å²) in [5, 5.41) is 2.21. The SMILES string of the molecule is C=CC(=O)NCCCN(C)S(=O)(=O)c1ccc(Oc2ncc(C(F)(F)F)cc2Cl)cc1. The largest absolute Gasteiger partial charge is 0.438 e. The lowest BCUT2D eigenvalue weighted by Gasteiger charge is -2.17. The number of hydrogen-bond donors (Lipinski definition) is 1. The van der Waals surface area contributed by atoms with Crippen molar-refractivity contribution >= 4 is 27.5 Å². The third-order valence-corrected chi connectivity index (χ3v) is 6.16. The van der Waals surface area contributed by atoms with Gasteiger partial charge in [-0.3, -0.25) is 4.79 Å². The zero-order valence-electron chi connectivity index (χ0n) is 16.3. The van der Waals surface area contributed by atoms with Crippen LogP contribution in [0.15, 0.2) is 54.1 Å². The van der Waals surface area contributed by atoms with Gasteiger partial charge in [-0.15, -0.1) is 0 Å². The van der Waals surface area contributed by atoms with Crippen molar-refractivity contribution in [2.24, 2.45) is 0 Å². The number of sulfonamides is 1. The van der Waals surface area contributed by atoms with E-state index in [4.69, 9.17) is 16.3 Å². The minimum atomic E-state index is -4.59. The van der Waals surface area contributed by atoms with Gasteiger partial charge in [-0.05, 0) is 42.8 Å². The number of halogens is 4. The molecule has 1 aromatic carbocycles. The Kier molecular flexibility index (Phi) is 8.04. The molecule has 0 unspecified atom stereocenters. The molecule has 0 bridgehead atoms. The number of carbonyl (C=O) groups excluding carboxylic acids is 1. The molecule has 2 aromatic rings. The van der Waals surface area contributed by atoms with Crippen LogP contribution in [0.1, 0.15) is 12.0 Å². The fourth-order valence-electron chi connectivity index (χ4n) is 2.33. The van der Waals surface area contributed by atoms with E-state index in [1.54, 1.807) is 0 Å². The van der Waals surface area contributed by atoms with Gasteiger partial charge in [0.25, 0.3) is 0 Å². The average molecular weight is 478 g/mol. The van der Waals surface area contributed by atoms with Crippen molar-refractivity contribution < 1.29 is 31.1 Å². The average Bonchev–Trinajstić information content (AvgIpc) is 2.71. The van der Waals surface area contributed by atoms with E-state index in [-0.39, 0.29) is 34.0 Å². The summed E-state index contributed by atoms with van der Waals surface area (Å²) in [4.78, 5) is 14.6. The van der Waals surface area contributed by atoms with E-state index in [1.165, 1.54) is 31.3 Å². The van der Waals surface area contributed by atoms with Crippen LogP contribution < -0.4 is 10.1 Å². The van der Waals surface area contributed by atoms with Crippen LogP contribution >= 0.6 is 11.6 Å². The molecule has 7 nitrogen and oxygen atoms in total. The van der Waals surface area contributed by atoms with Gasteiger partial charge in [-0.25, -0.2) is 17.7 Å². The fraction of sp³-hybridized carbons (Fsp3) is 0.263. The summed E-state index contributed by atoms with van der Waals surface area (Å²) in [5.74, 6) is -0.449. The van der Waals surface area contributed by atoms with Crippen molar-refractivity contribution in [2.75, 3.05) is 20.1 Å². The Labute approximate surface area is 182 Å². The highest BCUT2D eigenvalue weighted by Crippen LogP contribution is 2.34. The molecule has 1 aromatic heterocycles. The number of amides is 1. The summed E-state index contributed by atoms with van der Waals surface area (Å²) in [6.45, 7) is 3.78. The van der Waals surface area contributed by atoms with Crippen LogP contribution in [0.2, 0.25) is 5.02 Å². The minimum Gasteiger partial charge on any atom is -0.438 e. The van der Waals surface area contributed by atoms with E-state index in [0.717, 1.165) is 10.4 Å². The second kappa shape index (κ2) is 10.1. The van der Waals surface area contributed by atoms with Gasteiger partial charge in [-0.1, -0.05) is 18.2 Å². The molecule has 31 heavy (non-hydrogen) atoms. The van der Waals surface area contributed by atoms with Crippen molar-refractivity contribution in [1.82, 2.24) is 14.6 Å². The number of aromatic nitrogens is 1. The highest BCUT2D eigenvalue weighted by atomic mass is 35.5. The molecule has 168 valence electrons. The number of alkyl halides is 3. The van der Waals surface area contributed by atoms with Crippen LogP contribution in [-0.2, 0) is 21.0 Å². The molecular weight excluding hydrogens is 459 g/mol. The fourth-order valence-corrected chi connectivity index (χ4v) is 3.75. The molecule has 0 fully saturated rings. The molecule has 0 aliphatic rings. The van der Waals surface area contributed by atoms with Gasteiger partial charge in [0.1, 0.15) is 10.8 Å². The maximum Gasteiger partial charge on any atom is 0.417 e. The molecule has 0 saturated carbocycles. The second-order valence-corrected chi connectivity index (χ2v) is 8.71. The maximum absolute atomic E-state index is 12.7. The van der Waals surface area contributed by atoms with Crippen LogP contribution in [0.4, 0.5) is 13.2 Å². The molecule has 0 radical (unpaired) electrons. The summed E-state index contributed by atoms with van der Waals surface area (Å²) in [6, 6.07) is 5.94. The minimum absolute atomic E-state index is 0.0102. The number of rotatable bonds is 9. The molecule has 1 amide bonds. The van der Waals surface area contributed by atoms with Crippen LogP contribution in [0.5, 0.6) is 11.6 Å². The van der Waals surface area contributed by atoms with Gasteiger partial charge in [-0.2, -0.15) is 13.2 Å². The van der Waals surface area contributed by atoms with E-state index < -0.39 is 21.8 Å². The lowest BCUT2D eigenvalue weighted by molar-refractivity contribution is -0.137. The van der Waals surface area contributed by atoms with Gasteiger partial charge in [0.15, 0.2) is 0 Å². The van der Waals surface area contributed by atoms with E-state index >= 15 is 0 Å². The van der Waals surface area contributed by atoms with E-state index in [1.807, 2.05) is 0 Å². The summed E-state index contributed by atoms with van der Waals surface area (Å²) in [5.41, 5.74) is -1.02. The number of hydrogen-bond acceptors (Lipinski definition) is 5. The zero-order valence-corrected chi connectivity index (χ0v) is 17.9. The van der Waals surface area contributed by atoms with Crippen molar-refractivity contribution in [3.05, 3.63) is 59.8 Å². The molecule has 0 aliphatic heterocycles. The number of carbonyl (C=O) groups is 1. The Hall–Kier alpha value is -2.63. The maximum atomic E-state index is 12.7. The Balaban J connectivity index is 2.03. The first-order chi connectivity index (χ1) is 14.4. The Morgan fingerprint density at radius 2 is 1.97 bits per heavy atom. The Bertz CT molecular complexity index is 1040. The first-order valence-electron chi connectivity index (χ1n) is 8.82. The lowest BCUT2D eigenvalue weighted by atomic mass is 10.3. The third kappa shape index (κ3) is 6.68. The molecule has 0 saturated heterocycles. The van der Waals surface area contributed by atoms with E-state index in [9.17, 15) is 26.4 Å². The van der Waals surface area contributed by atoms with Crippen molar-refractivity contribution in [1.29, 1.82) is 0 Å². The standard InChI is InChI=1S/C19H19ClF3N3O4S/c1-3-17(27)24-9-4-10-26(2)31(28,29)15-7-5-14(6-8-15)30-18-16(20)11-13(12-25-18)19(21,22)23/h3,5-8,11-12H,1,4,9-10H2,2H3,(H,24,27). The van der Waals surface area contributed by atoms with Crippen molar-refractivity contribution in [3.63, 3.8) is 0 Å². The number of benzene rings is 1. The van der Waals surface area contributed by atoms with Gasteiger partial charge >= 0.3 is 6.18 Å². The Morgan fingerprint density at radius 1 is 1.32 bits per heavy atom. The first-order valence-corrected chi connectivity index (χ1v) is 10.6. The summed E-state index contributed by atoms with van der Waals surface area (Å²) in [6.07, 6.45) is -2.48. The first kappa shape index (κ1) is 24.6. The number of nitrogens with zero attached hydrogens (tertiary/aromatic N) is 2. The van der Waals surface area contributed by atoms with Crippen molar-refractivity contribution in [2.45, 2.75) is 17.5 Å². The van der Waals surface area contributed by atoms with Crippen LogP contribution in [0.3, 0.4) is 0 Å². The molecule has 12 heteroatoms. The normalized spacial score (nSPS) is 11.9. The molecule has 1 heterocycles. The van der Waals surface area contributed by atoms with Crippen molar-refractivity contribution in [3.8, 4) is 11.6 Å². The highest BCUT2D eigenvalue weighted by molar-refractivity contribution is 7.89. The lowest BCUT2D eigenvalue weighted by Crippen LogP contribution is -2.31. The molecule has 0 aliphatic carbocycles. The van der Waals surface area contributed by atoms with Crippen LogP contribution in [0, 0.1) is 0 Å². The monoisotopic (exact) mass is 477 g/mol. The number of pyridine rings is 1. The van der Waals surface area contributed by atoms with Crippen LogP contribution in [0.25, 0.3) is 0 Å². The zero-order chi connectivity index (χ0) is 23.2. The molecular formula is C19H19ClF3N3O4S. The summed E-state index contributed by atoms with van der Waals surface area (Å²) < 4.78 is 69.7.